The highest BCUT2D eigenvalue weighted by molar-refractivity contribution is 5.96. The largest absolute Gasteiger partial charge is 0.494 e. The van der Waals surface area contributed by atoms with Gasteiger partial charge < -0.3 is 14.5 Å². The molecule has 47 heavy (non-hydrogen) atoms. The number of benzene rings is 3. The van der Waals surface area contributed by atoms with E-state index in [0.717, 1.165) is 85.9 Å². The third-order valence-corrected chi connectivity index (χ3v) is 9.45. The SMILES string of the molecule is CCCCCCOc1ccc(C(=O)N2CCC(N3CCN(C(=O)c4cc(-c5ccccc5)nc(-c5ccccc5)c4)CC3)CC2)cc1. The molecule has 7 heteroatoms. The number of carbonyl (C=O) groups is 2. The van der Waals surface area contributed by atoms with Crippen LogP contribution in [0.25, 0.3) is 22.5 Å². The molecule has 0 aliphatic carbocycles. The van der Waals surface area contributed by atoms with E-state index in [1.165, 1.54) is 19.3 Å². The van der Waals surface area contributed by atoms with E-state index < -0.39 is 0 Å². The molecular weight excluding hydrogens is 584 g/mol. The molecule has 0 saturated carbocycles. The molecule has 2 fully saturated rings. The van der Waals surface area contributed by atoms with Crippen LogP contribution >= 0.6 is 0 Å². The first-order valence-corrected chi connectivity index (χ1v) is 17.3. The Morgan fingerprint density at radius 3 is 1.79 bits per heavy atom. The van der Waals surface area contributed by atoms with Gasteiger partial charge in [-0.15, -0.1) is 0 Å². The molecule has 3 heterocycles. The number of ether oxygens (including phenoxy) is 1. The fourth-order valence-corrected chi connectivity index (χ4v) is 6.67. The number of pyridine rings is 1. The number of aromatic nitrogens is 1. The number of hydrogen-bond acceptors (Lipinski definition) is 5. The second kappa shape index (κ2) is 15.9. The van der Waals surface area contributed by atoms with Gasteiger partial charge in [0.1, 0.15) is 5.75 Å². The normalized spacial score (nSPS) is 15.9. The van der Waals surface area contributed by atoms with E-state index in [2.05, 4.69) is 11.8 Å². The van der Waals surface area contributed by atoms with Crippen molar-refractivity contribution in [1.29, 1.82) is 0 Å². The minimum atomic E-state index is 0.0507. The third-order valence-electron chi connectivity index (χ3n) is 9.45. The topological polar surface area (TPSA) is 66.0 Å². The molecule has 244 valence electrons. The van der Waals surface area contributed by atoms with E-state index in [1.54, 1.807) is 0 Å². The van der Waals surface area contributed by atoms with Crippen LogP contribution in [-0.2, 0) is 0 Å². The summed E-state index contributed by atoms with van der Waals surface area (Å²) in [6.07, 6.45) is 6.60. The van der Waals surface area contributed by atoms with Gasteiger partial charge in [-0.3, -0.25) is 14.5 Å². The number of amides is 2. The lowest BCUT2D eigenvalue weighted by Crippen LogP contribution is -2.54. The number of piperazine rings is 1. The van der Waals surface area contributed by atoms with E-state index in [-0.39, 0.29) is 11.8 Å². The van der Waals surface area contributed by atoms with Crippen molar-refractivity contribution in [2.45, 2.75) is 51.5 Å². The second-order valence-corrected chi connectivity index (χ2v) is 12.6. The number of rotatable bonds is 11. The summed E-state index contributed by atoms with van der Waals surface area (Å²) in [4.78, 5) is 38.5. The summed E-state index contributed by atoms with van der Waals surface area (Å²) in [6.45, 7) is 7.48. The fourth-order valence-electron chi connectivity index (χ4n) is 6.67. The summed E-state index contributed by atoms with van der Waals surface area (Å²) >= 11 is 0. The second-order valence-electron chi connectivity index (χ2n) is 12.6. The zero-order chi connectivity index (χ0) is 32.4. The fraction of sp³-hybridized carbons (Fsp3) is 0.375. The number of likely N-dealkylation sites (tertiary alicyclic amines) is 1. The van der Waals surface area contributed by atoms with E-state index in [4.69, 9.17) is 9.72 Å². The van der Waals surface area contributed by atoms with Crippen molar-refractivity contribution in [3.63, 3.8) is 0 Å². The van der Waals surface area contributed by atoms with Crippen LogP contribution in [0.1, 0.15) is 66.2 Å². The zero-order valence-corrected chi connectivity index (χ0v) is 27.5. The lowest BCUT2D eigenvalue weighted by atomic mass is 10.0. The van der Waals surface area contributed by atoms with Crippen LogP contribution in [0, 0.1) is 0 Å². The lowest BCUT2D eigenvalue weighted by Gasteiger charge is -2.42. The van der Waals surface area contributed by atoms with Crippen LogP contribution in [0.4, 0.5) is 0 Å². The van der Waals surface area contributed by atoms with Gasteiger partial charge in [0, 0.05) is 67.6 Å². The molecule has 0 spiro atoms. The van der Waals surface area contributed by atoms with Crippen molar-refractivity contribution >= 4 is 11.8 Å². The van der Waals surface area contributed by atoms with Gasteiger partial charge in [-0.1, -0.05) is 86.8 Å². The van der Waals surface area contributed by atoms with Crippen molar-refractivity contribution in [3.8, 4) is 28.3 Å². The van der Waals surface area contributed by atoms with Crippen molar-refractivity contribution in [1.82, 2.24) is 19.7 Å². The summed E-state index contributed by atoms with van der Waals surface area (Å²) in [6, 6.07) is 32.0. The summed E-state index contributed by atoms with van der Waals surface area (Å²) in [5, 5.41) is 0. The Hall–Kier alpha value is -4.49. The molecule has 3 aromatic carbocycles. The van der Waals surface area contributed by atoms with Crippen LogP contribution in [0.15, 0.2) is 97.1 Å². The number of carbonyl (C=O) groups excluding carboxylic acids is 2. The van der Waals surface area contributed by atoms with Gasteiger partial charge in [-0.25, -0.2) is 4.98 Å². The maximum atomic E-state index is 13.8. The highest BCUT2D eigenvalue weighted by Crippen LogP contribution is 2.27. The Morgan fingerprint density at radius 1 is 0.660 bits per heavy atom. The average Bonchev–Trinajstić information content (AvgIpc) is 3.15. The molecule has 1 aromatic heterocycles. The smallest absolute Gasteiger partial charge is 0.254 e. The van der Waals surface area contributed by atoms with Crippen molar-refractivity contribution in [3.05, 3.63) is 108 Å². The number of hydrogen-bond donors (Lipinski definition) is 0. The Balaban J connectivity index is 1.01. The molecule has 2 aliphatic rings. The van der Waals surface area contributed by atoms with E-state index in [1.807, 2.05) is 107 Å². The number of piperidine rings is 1. The minimum absolute atomic E-state index is 0.0507. The summed E-state index contributed by atoms with van der Waals surface area (Å²) < 4.78 is 5.85. The molecule has 0 atom stereocenters. The van der Waals surface area contributed by atoms with Gasteiger partial charge in [0.15, 0.2) is 0 Å². The lowest BCUT2D eigenvalue weighted by molar-refractivity contribution is 0.0412. The maximum absolute atomic E-state index is 13.8. The van der Waals surface area contributed by atoms with Gasteiger partial charge in [-0.05, 0) is 55.7 Å². The molecule has 0 N–H and O–H groups in total. The van der Waals surface area contributed by atoms with Crippen LogP contribution in [0.2, 0.25) is 0 Å². The molecular formula is C40H46N4O3. The number of unbranched alkanes of at least 4 members (excludes halogenated alkanes) is 3. The molecule has 0 bridgehead atoms. The first-order valence-electron chi connectivity index (χ1n) is 17.3. The van der Waals surface area contributed by atoms with Crippen LogP contribution in [0.3, 0.4) is 0 Å². The molecule has 2 aliphatic heterocycles. The Morgan fingerprint density at radius 2 is 1.21 bits per heavy atom. The third kappa shape index (κ3) is 8.27. The van der Waals surface area contributed by atoms with Crippen LogP contribution in [0.5, 0.6) is 5.75 Å². The van der Waals surface area contributed by atoms with Crippen LogP contribution in [-0.4, -0.2) is 83.4 Å². The van der Waals surface area contributed by atoms with E-state index in [0.29, 0.717) is 24.7 Å². The maximum Gasteiger partial charge on any atom is 0.254 e. The van der Waals surface area contributed by atoms with Crippen molar-refractivity contribution in [2.75, 3.05) is 45.9 Å². The molecule has 0 radical (unpaired) electrons. The highest BCUT2D eigenvalue weighted by atomic mass is 16.5. The molecule has 0 unspecified atom stereocenters. The molecule has 6 rings (SSSR count). The average molecular weight is 631 g/mol. The van der Waals surface area contributed by atoms with Gasteiger partial charge in [0.2, 0.25) is 0 Å². The van der Waals surface area contributed by atoms with E-state index in [9.17, 15) is 9.59 Å². The molecule has 7 nitrogen and oxygen atoms in total. The summed E-state index contributed by atoms with van der Waals surface area (Å²) in [7, 11) is 0. The first-order chi connectivity index (χ1) is 23.1. The standard InChI is InChI=1S/C40H46N4O3/c1-2-3-4-11-28-47-36-18-16-33(17-19-36)39(45)43-22-20-35(21-23-43)42-24-26-44(27-25-42)40(46)34-29-37(31-12-7-5-8-13-31)41-38(30-34)32-14-9-6-10-15-32/h5-10,12-19,29-30,35H,2-4,11,20-28H2,1H3. The first kappa shape index (κ1) is 32.5. The number of nitrogens with zero attached hydrogens (tertiary/aromatic N) is 4. The van der Waals surface area contributed by atoms with Gasteiger partial charge in [0.05, 0.1) is 18.0 Å². The summed E-state index contributed by atoms with van der Waals surface area (Å²) in [5.74, 6) is 0.969. The predicted molar refractivity (Wildman–Crippen MR) is 188 cm³/mol. The Bertz CT molecular complexity index is 1540. The van der Waals surface area contributed by atoms with Crippen molar-refractivity contribution < 1.29 is 14.3 Å². The van der Waals surface area contributed by atoms with Crippen molar-refractivity contribution in [2.24, 2.45) is 0 Å². The predicted octanol–water partition coefficient (Wildman–Crippen LogP) is 7.44. The quantitative estimate of drug-likeness (QED) is 0.161. The molecule has 4 aromatic rings. The monoisotopic (exact) mass is 630 g/mol. The van der Waals surface area contributed by atoms with Crippen LogP contribution < -0.4 is 4.74 Å². The minimum Gasteiger partial charge on any atom is -0.494 e. The van der Waals surface area contributed by atoms with Gasteiger partial charge >= 0.3 is 0 Å². The highest BCUT2D eigenvalue weighted by Gasteiger charge is 2.31. The zero-order valence-electron chi connectivity index (χ0n) is 27.5. The molecule has 2 amide bonds. The van der Waals surface area contributed by atoms with E-state index >= 15 is 0 Å². The van der Waals surface area contributed by atoms with Gasteiger partial charge in [0.25, 0.3) is 11.8 Å². The summed E-state index contributed by atoms with van der Waals surface area (Å²) in [5.41, 5.74) is 4.98. The molecule has 2 saturated heterocycles. The Kier molecular flexibility index (Phi) is 11.0. The Labute approximate surface area is 279 Å². The van der Waals surface area contributed by atoms with Gasteiger partial charge in [-0.2, -0.15) is 0 Å².